The molecule has 1 aromatic heterocycles. The molecule has 0 saturated carbocycles. The maximum Gasteiger partial charge on any atom is 0.326 e. The van der Waals surface area contributed by atoms with Crippen molar-refractivity contribution in [2.45, 2.75) is 19.4 Å². The van der Waals surface area contributed by atoms with Crippen LogP contribution < -0.4 is 5.32 Å². The second-order valence-corrected chi connectivity index (χ2v) is 7.35. The lowest BCUT2D eigenvalue weighted by Crippen LogP contribution is -2.31. The number of carbonyl (C=O) groups excluding carboxylic acids is 1. The van der Waals surface area contributed by atoms with Crippen molar-refractivity contribution in [2.75, 3.05) is 32.8 Å². The zero-order valence-electron chi connectivity index (χ0n) is 14.5. The summed E-state index contributed by atoms with van der Waals surface area (Å²) >= 11 is 0. The number of carbonyl (C=O) groups is 2. The molecule has 0 bridgehead atoms. The van der Waals surface area contributed by atoms with Crippen LogP contribution in [0.2, 0.25) is 0 Å². The van der Waals surface area contributed by atoms with E-state index >= 15 is 0 Å². The third-order valence-electron chi connectivity index (χ3n) is 3.63. The molecule has 12 heteroatoms. The van der Waals surface area contributed by atoms with Crippen LogP contribution in [0.1, 0.15) is 23.3 Å². The Morgan fingerprint density at radius 1 is 1.38 bits per heavy atom. The fourth-order valence-corrected chi connectivity index (χ4v) is 2.84. The summed E-state index contributed by atoms with van der Waals surface area (Å²) in [5.74, 6) is -1.03. The van der Waals surface area contributed by atoms with E-state index in [1.807, 2.05) is 0 Å². The summed E-state index contributed by atoms with van der Waals surface area (Å²) in [5.41, 5.74) is 0.134. The number of nitrogens with zero attached hydrogens (tertiary/aromatic N) is 4. The molecule has 1 amide bonds. The minimum Gasteiger partial charge on any atom is -0.481 e. The third kappa shape index (κ3) is 7.44. The van der Waals surface area contributed by atoms with Crippen molar-refractivity contribution in [2.24, 2.45) is 4.99 Å². The highest BCUT2D eigenvalue weighted by Gasteiger charge is 2.18. The van der Waals surface area contributed by atoms with Gasteiger partial charge in [-0.05, 0) is 19.7 Å². The van der Waals surface area contributed by atoms with E-state index in [9.17, 15) is 14.2 Å². The molecule has 0 radical (unpaired) electrons. The summed E-state index contributed by atoms with van der Waals surface area (Å²) < 4.78 is 12.7. The summed E-state index contributed by atoms with van der Waals surface area (Å²) in [4.78, 5) is 50.0. The van der Waals surface area contributed by atoms with Gasteiger partial charge in [0.15, 0.2) is 11.5 Å². The normalized spacial score (nSPS) is 11.5. The van der Waals surface area contributed by atoms with Gasteiger partial charge in [0.25, 0.3) is 5.91 Å². The van der Waals surface area contributed by atoms with Crippen LogP contribution in [0, 0.1) is 0 Å². The Kier molecular flexibility index (Phi) is 8.59. The number of carboxylic acid groups (broad SMARTS) is 1. The zero-order chi connectivity index (χ0) is 19.7. The molecule has 0 spiro atoms. The highest BCUT2D eigenvalue weighted by Crippen LogP contribution is 2.33. The Labute approximate surface area is 150 Å². The first kappa shape index (κ1) is 22.0. The molecule has 1 aromatic rings. The standard InChI is InChI=1S/C14H24N5O6P/c1-15-13-12(14(22)16-2)17-10-19(13)7-6-18(5-3-4-11(20)21)8-9-26(23,24)25/h10H,1,3-9H2,2H3,(H,16,22)(H,20,21)(H2,23,24,25). The first-order chi connectivity index (χ1) is 12.2. The predicted molar refractivity (Wildman–Crippen MR) is 95.0 cm³/mol. The highest BCUT2D eigenvalue weighted by atomic mass is 31.2. The Morgan fingerprint density at radius 2 is 2.08 bits per heavy atom. The second-order valence-electron chi connectivity index (χ2n) is 5.57. The molecule has 0 aliphatic heterocycles. The van der Waals surface area contributed by atoms with Gasteiger partial charge in [0.1, 0.15) is 0 Å². The third-order valence-corrected chi connectivity index (χ3v) is 4.41. The molecule has 26 heavy (non-hydrogen) atoms. The molecule has 0 aromatic carbocycles. The average molecular weight is 389 g/mol. The molecule has 0 fully saturated rings. The monoisotopic (exact) mass is 389 g/mol. The van der Waals surface area contributed by atoms with Crippen LogP contribution in [0.3, 0.4) is 0 Å². The van der Waals surface area contributed by atoms with Crippen molar-refractivity contribution in [3.05, 3.63) is 12.0 Å². The summed E-state index contributed by atoms with van der Waals surface area (Å²) in [6, 6.07) is 0. The molecular weight excluding hydrogens is 365 g/mol. The summed E-state index contributed by atoms with van der Waals surface area (Å²) in [6.07, 6.45) is 1.45. The van der Waals surface area contributed by atoms with E-state index in [4.69, 9.17) is 14.9 Å². The number of aliphatic imine (C=N–C) groups is 1. The zero-order valence-corrected chi connectivity index (χ0v) is 15.4. The number of amides is 1. The molecule has 146 valence electrons. The molecule has 4 N–H and O–H groups in total. The smallest absolute Gasteiger partial charge is 0.326 e. The van der Waals surface area contributed by atoms with E-state index in [0.29, 0.717) is 31.9 Å². The van der Waals surface area contributed by atoms with Gasteiger partial charge < -0.3 is 29.7 Å². The number of hydrogen-bond acceptors (Lipinski definition) is 6. The van der Waals surface area contributed by atoms with Crippen LogP contribution in [0.5, 0.6) is 0 Å². The van der Waals surface area contributed by atoms with Gasteiger partial charge in [-0.3, -0.25) is 14.2 Å². The maximum atomic E-state index is 11.7. The van der Waals surface area contributed by atoms with Crippen molar-refractivity contribution in [3.63, 3.8) is 0 Å². The lowest BCUT2D eigenvalue weighted by atomic mass is 10.3. The fourth-order valence-electron chi connectivity index (χ4n) is 2.29. The van der Waals surface area contributed by atoms with Crippen molar-refractivity contribution in [1.82, 2.24) is 19.8 Å². The van der Waals surface area contributed by atoms with Gasteiger partial charge >= 0.3 is 13.6 Å². The Bertz CT molecular complexity index is 685. The Balaban J connectivity index is 2.76. The predicted octanol–water partition coefficient (Wildman–Crippen LogP) is -0.0807. The minimum atomic E-state index is -4.15. The van der Waals surface area contributed by atoms with Crippen molar-refractivity contribution in [3.8, 4) is 0 Å². The first-order valence-corrected chi connectivity index (χ1v) is 9.70. The number of carboxylic acids is 1. The largest absolute Gasteiger partial charge is 0.481 e. The van der Waals surface area contributed by atoms with Crippen molar-refractivity contribution >= 4 is 32.0 Å². The van der Waals surface area contributed by atoms with Gasteiger partial charge in [-0.15, -0.1) is 0 Å². The van der Waals surface area contributed by atoms with Crippen LogP contribution in [-0.4, -0.2) is 80.8 Å². The van der Waals surface area contributed by atoms with E-state index in [1.165, 1.54) is 13.4 Å². The van der Waals surface area contributed by atoms with Gasteiger partial charge in [0, 0.05) is 33.1 Å². The molecule has 11 nitrogen and oxygen atoms in total. The van der Waals surface area contributed by atoms with Gasteiger partial charge in [-0.2, -0.15) is 0 Å². The fraction of sp³-hybridized carbons (Fsp3) is 0.571. The van der Waals surface area contributed by atoms with Gasteiger partial charge in [-0.1, -0.05) is 0 Å². The molecule has 1 heterocycles. The molecule has 0 aliphatic rings. The lowest BCUT2D eigenvalue weighted by molar-refractivity contribution is -0.137. The van der Waals surface area contributed by atoms with Crippen LogP contribution in [0.25, 0.3) is 0 Å². The Morgan fingerprint density at radius 3 is 2.62 bits per heavy atom. The van der Waals surface area contributed by atoms with Crippen molar-refractivity contribution < 1.29 is 29.0 Å². The highest BCUT2D eigenvalue weighted by molar-refractivity contribution is 7.51. The number of rotatable bonds is 12. The minimum absolute atomic E-state index is 0.0300. The maximum absolute atomic E-state index is 11.7. The number of nitrogens with one attached hydrogen (secondary N) is 1. The summed E-state index contributed by atoms with van der Waals surface area (Å²) in [5, 5.41) is 11.2. The van der Waals surface area contributed by atoms with E-state index in [0.717, 1.165) is 0 Å². The van der Waals surface area contributed by atoms with E-state index in [-0.39, 0.29) is 24.8 Å². The molecule has 0 atom stereocenters. The molecular formula is C14H24N5O6P. The van der Waals surface area contributed by atoms with E-state index < -0.39 is 19.5 Å². The van der Waals surface area contributed by atoms with Gasteiger partial charge in [0.2, 0.25) is 0 Å². The van der Waals surface area contributed by atoms with E-state index in [2.05, 4.69) is 22.0 Å². The lowest BCUT2D eigenvalue weighted by Gasteiger charge is -2.22. The van der Waals surface area contributed by atoms with Crippen LogP contribution in [-0.2, 0) is 15.9 Å². The number of imidazole rings is 1. The van der Waals surface area contributed by atoms with Crippen LogP contribution >= 0.6 is 7.60 Å². The quantitative estimate of drug-likeness (QED) is 0.285. The average Bonchev–Trinajstić information content (AvgIpc) is 2.97. The van der Waals surface area contributed by atoms with Crippen LogP contribution in [0.15, 0.2) is 11.3 Å². The second kappa shape index (κ2) is 10.2. The van der Waals surface area contributed by atoms with E-state index in [1.54, 1.807) is 9.47 Å². The van der Waals surface area contributed by atoms with Crippen LogP contribution in [0.4, 0.5) is 5.82 Å². The van der Waals surface area contributed by atoms with Gasteiger partial charge in [-0.25, -0.2) is 9.98 Å². The number of aliphatic carboxylic acids is 1. The molecule has 0 aliphatic carbocycles. The molecule has 0 saturated heterocycles. The SMILES string of the molecule is C=Nc1c(C(=O)NC)ncn1CCN(CCCC(=O)O)CCP(=O)(O)O. The number of aromatic nitrogens is 2. The molecule has 0 unspecified atom stereocenters. The van der Waals surface area contributed by atoms with Gasteiger partial charge in [0.05, 0.1) is 12.5 Å². The topological polar surface area (TPSA) is 157 Å². The number of hydrogen-bond donors (Lipinski definition) is 4. The first-order valence-electron chi connectivity index (χ1n) is 7.90. The Hall–Kier alpha value is -2.07. The summed E-state index contributed by atoms with van der Waals surface area (Å²) in [6.45, 7) is 4.67. The summed E-state index contributed by atoms with van der Waals surface area (Å²) in [7, 11) is -2.68. The van der Waals surface area contributed by atoms with Crippen molar-refractivity contribution in [1.29, 1.82) is 0 Å². The molecule has 1 rings (SSSR count).